The lowest BCUT2D eigenvalue weighted by molar-refractivity contribution is -0.0832. The molecule has 220 valence electrons. The largest absolute Gasteiger partial charge is 0.507 e. The van der Waals surface area contributed by atoms with Crippen molar-refractivity contribution in [1.29, 1.82) is 8.03 Å². The number of thiol groups is 1. The van der Waals surface area contributed by atoms with E-state index in [1.165, 1.54) is 0 Å². The summed E-state index contributed by atoms with van der Waals surface area (Å²) in [5.74, 6) is 2.49. The highest BCUT2D eigenvalue weighted by Crippen LogP contribution is 2.58. The molecule has 0 amide bonds. The van der Waals surface area contributed by atoms with Crippen molar-refractivity contribution < 1.29 is 33.9 Å². The molecule has 2 aromatic rings. The molecule has 2 bridgehead atoms. The van der Waals surface area contributed by atoms with Gasteiger partial charge in [0.05, 0.1) is 31.9 Å². The van der Waals surface area contributed by atoms with Crippen LogP contribution in [0, 0.1) is 25.2 Å². The maximum atomic E-state index is 11.4. The first-order valence-corrected chi connectivity index (χ1v) is 14.6. The summed E-state index contributed by atoms with van der Waals surface area (Å²) in [5.41, 5.74) is 5.13. The van der Waals surface area contributed by atoms with Crippen LogP contribution in [-0.4, -0.2) is 88.6 Å². The Hall–Kier alpha value is -2.39. The van der Waals surface area contributed by atoms with Crippen LogP contribution in [0.25, 0.3) is 0 Å². The molecular formula is C28H37BN3O7PS. The highest BCUT2D eigenvalue weighted by Gasteiger charge is 2.56. The first kappa shape index (κ1) is 27.4. The van der Waals surface area contributed by atoms with Crippen molar-refractivity contribution in [1.82, 2.24) is 9.80 Å². The molecule has 13 heteroatoms. The molecule has 10 nitrogen and oxygen atoms in total. The minimum Gasteiger partial charge on any atom is -0.507 e. The Bertz CT molecular complexity index is 1430. The average Bonchev–Trinajstić information content (AvgIpc) is 3.45. The summed E-state index contributed by atoms with van der Waals surface area (Å²) in [5, 5.41) is 27.0. The number of piperazine rings is 1. The quantitative estimate of drug-likeness (QED) is 0.197. The molecule has 1 saturated heterocycles. The molecule has 2 N–H and O–H groups in total. The van der Waals surface area contributed by atoms with Gasteiger partial charge in [0, 0.05) is 41.4 Å². The van der Waals surface area contributed by atoms with Crippen LogP contribution < -0.4 is 18.9 Å². The second kappa shape index (κ2) is 12.1. The number of rotatable bonds is 6. The summed E-state index contributed by atoms with van der Waals surface area (Å²) in [4.78, 5) is 4.42. The number of aromatic hydroxyl groups is 1. The van der Waals surface area contributed by atoms with E-state index in [2.05, 4.69) is 43.5 Å². The lowest BCUT2D eigenvalue weighted by Gasteiger charge is -2.59. The number of phenols is 1. The number of aliphatic hydroxyl groups is 1. The number of hydrogen-bond donors (Lipinski definition) is 3. The van der Waals surface area contributed by atoms with E-state index in [0.29, 0.717) is 41.4 Å². The fourth-order valence-corrected chi connectivity index (χ4v) is 7.24. The van der Waals surface area contributed by atoms with Crippen LogP contribution in [-0.2, 0) is 17.6 Å². The number of ether oxygens (including phenoxy) is 5. The number of fused-ring (bicyclic) bond motifs is 9. The molecule has 4 heterocycles. The molecule has 1 fully saturated rings. The molecule has 4 aliphatic rings. The Morgan fingerprint density at radius 3 is 2.66 bits per heavy atom. The highest BCUT2D eigenvalue weighted by molar-refractivity contribution is 8.20. The number of hydrogen-bond acceptors (Lipinski definition) is 11. The summed E-state index contributed by atoms with van der Waals surface area (Å²) < 4.78 is 43.0. The van der Waals surface area contributed by atoms with E-state index in [1.807, 2.05) is 20.9 Å². The zero-order valence-corrected chi connectivity index (χ0v) is 25.9. The third-order valence-corrected chi connectivity index (χ3v) is 8.75. The van der Waals surface area contributed by atoms with Crippen molar-refractivity contribution >= 4 is 27.8 Å². The van der Waals surface area contributed by atoms with Gasteiger partial charge in [-0.15, -0.1) is 0 Å². The fraction of sp³-hybridized carbons (Fsp3) is 0.536. The van der Waals surface area contributed by atoms with Gasteiger partial charge in [0.1, 0.15) is 11.8 Å². The van der Waals surface area contributed by atoms with Gasteiger partial charge in [-0.05, 0) is 46.2 Å². The molecule has 2 aromatic carbocycles. The maximum Gasteiger partial charge on any atom is 0.231 e. The lowest BCUT2D eigenvalue weighted by Crippen LogP contribution is -2.68. The third kappa shape index (κ3) is 4.62. The molecular weight excluding hydrogens is 564 g/mol. The monoisotopic (exact) mass is 604 g/mol. The predicted molar refractivity (Wildman–Crippen MR) is 162 cm³/mol. The molecule has 4 aliphatic heterocycles. The van der Waals surface area contributed by atoms with Crippen molar-refractivity contribution in [3.8, 4) is 34.8 Å². The Balaban J connectivity index is 0.000000868. The molecule has 0 spiro atoms. The molecule has 6 atom stereocenters. The van der Waals surface area contributed by atoms with Gasteiger partial charge in [0.25, 0.3) is 0 Å². The second-order valence-corrected chi connectivity index (χ2v) is 11.8. The van der Waals surface area contributed by atoms with E-state index in [0.717, 1.165) is 27.8 Å². The van der Waals surface area contributed by atoms with Crippen molar-refractivity contribution in [2.75, 3.05) is 41.5 Å². The molecule has 0 saturated carbocycles. The third-order valence-electron chi connectivity index (χ3n) is 8.75. The van der Waals surface area contributed by atoms with Gasteiger partial charge in [-0.2, -0.15) is 14.4 Å². The van der Waals surface area contributed by atoms with Gasteiger partial charge >= 0.3 is 0 Å². The van der Waals surface area contributed by atoms with Crippen LogP contribution in [0.2, 0.25) is 0 Å². The first-order chi connectivity index (χ1) is 20.6. The number of methoxy groups -OCH3 is 2. The molecule has 41 heavy (non-hydrogen) atoms. The Labute approximate surface area is 252 Å². The lowest BCUT2D eigenvalue weighted by atomic mass is 9.71. The molecule has 0 radical (unpaired) electrons. The molecule has 3 unspecified atom stereocenters. The summed E-state index contributed by atoms with van der Waals surface area (Å²) in [6.07, 6.45) is 0.780. The Kier molecular flexibility index (Phi) is 8.09. The van der Waals surface area contributed by atoms with Crippen molar-refractivity contribution in [3.63, 3.8) is 0 Å². The Morgan fingerprint density at radius 2 is 2.00 bits per heavy atom. The van der Waals surface area contributed by atoms with Gasteiger partial charge in [0.15, 0.2) is 29.8 Å². The van der Waals surface area contributed by atoms with Crippen molar-refractivity contribution in [2.45, 2.75) is 56.9 Å². The standard InChI is InChI=1S/C28H33N3O7.BH4PS/c1-13-6-15-7-17-19(9-29)31-18(23(30(17)3)21(15)27(25(13)35-5)36-11-34-4)8-16-22(20(31)10-32)28-26(37-12-38-28)14(2)24(16)33;2-1-3/h6,17-20,23,32-33H,7-8,10-12H2,1-5H3;1,3H,2H2/t17?,18-,19-,20-,23?;/m0./s1/i32T;1D. The smallest absolute Gasteiger partial charge is 0.231 e. The van der Waals surface area contributed by atoms with Gasteiger partial charge in [-0.1, -0.05) is 6.07 Å². The van der Waals surface area contributed by atoms with E-state index < -0.39 is 12.1 Å². The number of benzene rings is 2. The zero-order chi connectivity index (χ0) is 31.2. The van der Waals surface area contributed by atoms with Crippen molar-refractivity contribution in [3.05, 3.63) is 39.4 Å². The Morgan fingerprint density at radius 1 is 1.27 bits per heavy atom. The summed E-state index contributed by atoms with van der Waals surface area (Å²) >= 11 is 3.60. The average molecular weight is 604 g/mol. The fourth-order valence-electron chi connectivity index (χ4n) is 7.24. The minimum atomic E-state index is -0.501. The zero-order valence-electron chi connectivity index (χ0n) is 25.8. The number of likely N-dealkylation sites (N-methyl/N-ethyl adjacent to an activating group) is 1. The van der Waals surface area contributed by atoms with Gasteiger partial charge in [-0.25, -0.2) is 12.5 Å². The number of nitriles is 1. The number of aryl methyl sites for hydroxylation is 1. The van der Waals surface area contributed by atoms with Crippen LogP contribution >= 0.6 is 21.6 Å². The second-order valence-electron chi connectivity index (χ2n) is 10.6. The van der Waals surface area contributed by atoms with E-state index in [1.54, 1.807) is 14.2 Å². The van der Waals surface area contributed by atoms with Gasteiger partial charge in [0.2, 0.25) is 14.5 Å². The SMILES string of the molecule is [2H]B(P)S.[3H]OC[C@H]1c2c(c(O)c(C)c3c2OCO3)C[C@H]2C3c4c(cc(C)c(OC)c4OCOC)CC([C@H](C#N)N12)N3C. The van der Waals surface area contributed by atoms with Crippen LogP contribution in [0.3, 0.4) is 0 Å². The van der Waals surface area contributed by atoms with Gasteiger partial charge < -0.3 is 33.9 Å². The van der Waals surface area contributed by atoms with Gasteiger partial charge in [-0.3, -0.25) is 9.80 Å². The topological polar surface area (TPSA) is 117 Å². The van der Waals surface area contributed by atoms with E-state index in [-0.39, 0.29) is 50.3 Å². The van der Waals surface area contributed by atoms with Crippen molar-refractivity contribution in [2.24, 2.45) is 0 Å². The number of nitrogens with zero attached hydrogens (tertiary/aromatic N) is 3. The molecule has 0 aliphatic carbocycles. The normalized spacial score (nSPS) is 26.2. The predicted octanol–water partition coefficient (Wildman–Crippen LogP) is 2.55. The molecule has 6 rings (SSSR count). The summed E-state index contributed by atoms with van der Waals surface area (Å²) in [7, 11) is 7.44. The van der Waals surface area contributed by atoms with E-state index >= 15 is 0 Å². The van der Waals surface area contributed by atoms with Crippen LogP contribution in [0.4, 0.5) is 0 Å². The van der Waals surface area contributed by atoms with Crippen LogP contribution in [0.5, 0.6) is 28.7 Å². The summed E-state index contributed by atoms with van der Waals surface area (Å²) in [6.45, 7) is 3.91. The summed E-state index contributed by atoms with van der Waals surface area (Å²) in [6, 6.07) is 3.15. The minimum absolute atomic E-state index is 0.000241. The van der Waals surface area contributed by atoms with Crippen LogP contribution in [0.15, 0.2) is 6.07 Å². The maximum absolute atomic E-state index is 11.4. The highest BCUT2D eigenvalue weighted by atomic mass is 32.1. The van der Waals surface area contributed by atoms with E-state index in [9.17, 15) is 10.4 Å². The van der Waals surface area contributed by atoms with Crippen LogP contribution in [0.1, 0.15) is 45.5 Å². The molecule has 0 aromatic heterocycles. The number of phenolic OH excluding ortho intramolecular Hbond substituents is 1. The van der Waals surface area contributed by atoms with E-state index in [4.69, 9.17) is 31.6 Å². The number of aliphatic hydroxyl groups excluding tert-OH is 1. The first-order valence-electron chi connectivity index (χ1n) is 14.4.